The van der Waals surface area contributed by atoms with Gasteiger partial charge in [-0.1, -0.05) is 18.2 Å². The van der Waals surface area contributed by atoms with E-state index in [9.17, 15) is 4.79 Å². The number of nitrogens with two attached hydrogens (primary N) is 1. The van der Waals surface area contributed by atoms with Gasteiger partial charge in [-0.25, -0.2) is 4.79 Å². The van der Waals surface area contributed by atoms with Gasteiger partial charge in [-0.15, -0.1) is 0 Å². The van der Waals surface area contributed by atoms with Crippen molar-refractivity contribution in [3.05, 3.63) is 47.7 Å². The molecule has 0 saturated heterocycles. The van der Waals surface area contributed by atoms with E-state index in [1.165, 1.54) is 0 Å². The maximum absolute atomic E-state index is 11.7. The number of benzene rings is 1. The van der Waals surface area contributed by atoms with Gasteiger partial charge in [0.2, 0.25) is 0 Å². The highest BCUT2D eigenvalue weighted by atomic mass is 16.5. The summed E-state index contributed by atoms with van der Waals surface area (Å²) in [4.78, 5) is 11.7. The molecule has 0 aliphatic heterocycles. The van der Waals surface area contributed by atoms with Crippen LogP contribution in [0, 0.1) is 0 Å². The number of methoxy groups -OCH3 is 1. The number of nitrogen functional groups attached to an aromatic ring is 1. The second-order valence-electron chi connectivity index (χ2n) is 4.31. The fourth-order valence-corrected chi connectivity index (χ4v) is 2.00. The van der Waals surface area contributed by atoms with Crippen molar-refractivity contribution in [2.45, 2.75) is 13.5 Å². The molecule has 0 bridgehead atoms. The van der Waals surface area contributed by atoms with Gasteiger partial charge in [0.15, 0.2) is 0 Å². The Morgan fingerprint density at radius 1 is 1.35 bits per heavy atom. The summed E-state index contributed by atoms with van der Waals surface area (Å²) in [5.41, 5.74) is 7.38. The van der Waals surface area contributed by atoms with Crippen molar-refractivity contribution < 1.29 is 14.3 Å². The Hall–Kier alpha value is -2.43. The van der Waals surface area contributed by atoms with Crippen molar-refractivity contribution in [1.82, 2.24) is 4.57 Å². The Kier molecular flexibility index (Phi) is 4.30. The van der Waals surface area contributed by atoms with Crippen LogP contribution in [0.3, 0.4) is 0 Å². The van der Waals surface area contributed by atoms with Gasteiger partial charge >= 0.3 is 5.97 Å². The maximum Gasteiger partial charge on any atom is 0.339 e. The number of para-hydroxylation sites is 1. The first-order chi connectivity index (χ1) is 9.65. The molecule has 5 heteroatoms. The van der Waals surface area contributed by atoms with Crippen molar-refractivity contribution in [3.8, 4) is 5.75 Å². The molecule has 20 heavy (non-hydrogen) atoms. The Morgan fingerprint density at radius 2 is 2.10 bits per heavy atom. The molecular weight excluding hydrogens is 256 g/mol. The molecule has 0 aliphatic carbocycles. The summed E-state index contributed by atoms with van der Waals surface area (Å²) in [6.07, 6.45) is 1.69. The van der Waals surface area contributed by atoms with E-state index in [1.807, 2.05) is 24.3 Å². The van der Waals surface area contributed by atoms with Gasteiger partial charge in [-0.3, -0.25) is 0 Å². The molecule has 2 N–H and O–H groups in total. The van der Waals surface area contributed by atoms with E-state index in [1.54, 1.807) is 30.9 Å². The average molecular weight is 274 g/mol. The van der Waals surface area contributed by atoms with E-state index in [0.717, 1.165) is 11.3 Å². The molecule has 1 aromatic carbocycles. The van der Waals surface area contributed by atoms with Crippen LogP contribution < -0.4 is 10.5 Å². The van der Waals surface area contributed by atoms with Crippen LogP contribution >= 0.6 is 0 Å². The minimum Gasteiger partial charge on any atom is -0.496 e. The number of hydrogen-bond donors (Lipinski definition) is 1. The second kappa shape index (κ2) is 6.14. The molecule has 0 aliphatic rings. The number of anilines is 1. The summed E-state index contributed by atoms with van der Waals surface area (Å²) in [5.74, 6) is 0.940. The highest BCUT2D eigenvalue weighted by molar-refractivity contribution is 5.90. The molecule has 0 amide bonds. The lowest BCUT2D eigenvalue weighted by Crippen LogP contribution is -2.05. The molecule has 2 rings (SSSR count). The first-order valence-corrected chi connectivity index (χ1v) is 6.40. The van der Waals surface area contributed by atoms with Gasteiger partial charge in [0, 0.05) is 11.8 Å². The van der Waals surface area contributed by atoms with Gasteiger partial charge < -0.3 is 19.8 Å². The van der Waals surface area contributed by atoms with Crippen molar-refractivity contribution in [3.63, 3.8) is 0 Å². The number of carbonyl (C=O) groups excluding carboxylic acids is 1. The lowest BCUT2D eigenvalue weighted by molar-refractivity contribution is 0.0526. The Balaban J connectivity index is 2.23. The quantitative estimate of drug-likeness (QED) is 0.850. The van der Waals surface area contributed by atoms with Gasteiger partial charge in [0.25, 0.3) is 0 Å². The largest absolute Gasteiger partial charge is 0.496 e. The molecule has 1 aromatic heterocycles. The third kappa shape index (κ3) is 2.93. The zero-order valence-electron chi connectivity index (χ0n) is 11.6. The smallest absolute Gasteiger partial charge is 0.339 e. The van der Waals surface area contributed by atoms with Crippen molar-refractivity contribution in [2.75, 3.05) is 19.5 Å². The van der Waals surface area contributed by atoms with Gasteiger partial charge in [0.05, 0.1) is 25.8 Å². The first kappa shape index (κ1) is 14.0. The van der Waals surface area contributed by atoms with Crippen LogP contribution in [0.4, 0.5) is 5.82 Å². The van der Waals surface area contributed by atoms with Crippen LogP contribution in [0.2, 0.25) is 0 Å². The number of esters is 1. The number of rotatable bonds is 5. The molecule has 0 radical (unpaired) electrons. The van der Waals surface area contributed by atoms with E-state index in [-0.39, 0.29) is 5.97 Å². The van der Waals surface area contributed by atoms with Crippen LogP contribution in [0.5, 0.6) is 5.75 Å². The minimum atomic E-state index is -0.363. The highest BCUT2D eigenvalue weighted by Gasteiger charge is 2.12. The summed E-state index contributed by atoms with van der Waals surface area (Å²) < 4.78 is 12.1. The van der Waals surface area contributed by atoms with Crippen molar-refractivity contribution in [1.29, 1.82) is 0 Å². The molecular formula is C15H18N2O3. The summed E-state index contributed by atoms with van der Waals surface area (Å²) in [6.45, 7) is 2.65. The molecule has 0 spiro atoms. The lowest BCUT2D eigenvalue weighted by Gasteiger charge is -2.10. The molecule has 0 atom stereocenters. The molecule has 0 unspecified atom stereocenters. The van der Waals surface area contributed by atoms with E-state index in [0.29, 0.717) is 24.5 Å². The van der Waals surface area contributed by atoms with E-state index in [2.05, 4.69) is 0 Å². The van der Waals surface area contributed by atoms with Gasteiger partial charge in [0.1, 0.15) is 11.6 Å². The molecule has 0 saturated carbocycles. The van der Waals surface area contributed by atoms with Crippen molar-refractivity contribution in [2.24, 2.45) is 0 Å². The van der Waals surface area contributed by atoms with Crippen molar-refractivity contribution >= 4 is 11.8 Å². The fourth-order valence-electron chi connectivity index (χ4n) is 2.00. The van der Waals surface area contributed by atoms with Crippen LogP contribution in [0.15, 0.2) is 36.5 Å². The normalized spacial score (nSPS) is 10.3. The van der Waals surface area contributed by atoms with E-state index in [4.69, 9.17) is 15.2 Å². The Bertz CT molecular complexity index is 605. The molecule has 5 nitrogen and oxygen atoms in total. The topological polar surface area (TPSA) is 66.5 Å². The monoisotopic (exact) mass is 274 g/mol. The van der Waals surface area contributed by atoms with E-state index < -0.39 is 0 Å². The van der Waals surface area contributed by atoms with Gasteiger partial charge in [-0.05, 0) is 19.1 Å². The molecule has 106 valence electrons. The number of carbonyl (C=O) groups is 1. The number of nitrogens with zero attached hydrogens (tertiary/aromatic N) is 1. The van der Waals surface area contributed by atoms with Gasteiger partial charge in [-0.2, -0.15) is 0 Å². The number of aromatic nitrogens is 1. The zero-order valence-corrected chi connectivity index (χ0v) is 11.6. The van der Waals surface area contributed by atoms with Crippen LogP contribution in [0.25, 0.3) is 0 Å². The molecule has 2 aromatic rings. The molecule has 1 heterocycles. The minimum absolute atomic E-state index is 0.344. The van der Waals surface area contributed by atoms with Crippen LogP contribution in [-0.4, -0.2) is 24.3 Å². The average Bonchev–Trinajstić information content (AvgIpc) is 2.81. The predicted octanol–water partition coefficient (Wildman–Crippen LogP) is 2.30. The molecule has 0 fully saturated rings. The summed E-state index contributed by atoms with van der Waals surface area (Å²) in [5, 5.41) is 0. The second-order valence-corrected chi connectivity index (χ2v) is 4.31. The third-order valence-corrected chi connectivity index (χ3v) is 2.97. The first-order valence-electron chi connectivity index (χ1n) is 6.40. The summed E-state index contributed by atoms with van der Waals surface area (Å²) in [7, 11) is 1.63. The predicted molar refractivity (Wildman–Crippen MR) is 76.9 cm³/mol. The summed E-state index contributed by atoms with van der Waals surface area (Å²) >= 11 is 0. The lowest BCUT2D eigenvalue weighted by atomic mass is 10.2. The van der Waals surface area contributed by atoms with Crippen LogP contribution in [-0.2, 0) is 11.3 Å². The number of ether oxygens (including phenoxy) is 2. The Labute approximate surface area is 117 Å². The third-order valence-electron chi connectivity index (χ3n) is 2.97. The Morgan fingerprint density at radius 3 is 2.80 bits per heavy atom. The van der Waals surface area contributed by atoms with Crippen LogP contribution in [0.1, 0.15) is 22.8 Å². The fraction of sp³-hybridized carbons (Fsp3) is 0.267. The number of hydrogen-bond acceptors (Lipinski definition) is 4. The SMILES string of the molecule is CCOC(=O)c1cc(N)n(Cc2ccccc2OC)c1. The van der Waals surface area contributed by atoms with E-state index >= 15 is 0 Å². The summed E-state index contributed by atoms with van der Waals surface area (Å²) in [6, 6.07) is 9.31. The zero-order chi connectivity index (χ0) is 14.5. The highest BCUT2D eigenvalue weighted by Crippen LogP contribution is 2.21. The maximum atomic E-state index is 11.7. The standard InChI is InChI=1S/C15H18N2O3/c1-3-20-15(18)12-8-14(16)17(10-12)9-11-6-4-5-7-13(11)19-2/h4-8,10H,3,9,16H2,1-2H3.